The fraction of sp³-hybridized carbons (Fsp3) is 0.500. The van der Waals surface area contributed by atoms with Crippen molar-refractivity contribution in [3.05, 3.63) is 24.2 Å². The zero-order valence-corrected chi connectivity index (χ0v) is 10.3. The molecule has 0 atom stereocenters. The number of halogens is 3. The molecule has 4 nitrogen and oxygen atoms in total. The van der Waals surface area contributed by atoms with Crippen LogP contribution in [0.5, 0.6) is 0 Å². The molecule has 2 aromatic rings. The largest absolute Gasteiger partial charge is 0.435 e. The van der Waals surface area contributed by atoms with E-state index in [4.69, 9.17) is 0 Å². The molecule has 0 radical (unpaired) electrons. The molecule has 1 saturated carbocycles. The van der Waals surface area contributed by atoms with Gasteiger partial charge in [-0.2, -0.15) is 18.3 Å². The Morgan fingerprint density at radius 3 is 2.68 bits per heavy atom. The van der Waals surface area contributed by atoms with E-state index in [0.29, 0.717) is 11.3 Å². The standard InChI is InChI=1S/C12H13F3N4/c1-11(3-2-4-11)17-10-8-7-9(12(13,14)15)18-19(8)6-5-16-10/h5-7H,2-4H2,1H3,(H,16,17). The summed E-state index contributed by atoms with van der Waals surface area (Å²) >= 11 is 0. The third-order valence-corrected chi connectivity index (χ3v) is 3.56. The van der Waals surface area contributed by atoms with Gasteiger partial charge in [-0.3, -0.25) is 0 Å². The Morgan fingerprint density at radius 2 is 2.11 bits per heavy atom. The lowest BCUT2D eigenvalue weighted by molar-refractivity contribution is -0.141. The van der Waals surface area contributed by atoms with E-state index in [1.807, 2.05) is 6.92 Å². The highest BCUT2D eigenvalue weighted by Gasteiger charge is 2.36. The Labute approximate surface area is 107 Å². The van der Waals surface area contributed by atoms with Crippen LogP contribution in [0.4, 0.5) is 19.0 Å². The normalized spacial score (nSPS) is 18.3. The number of fused-ring (bicyclic) bond motifs is 1. The fourth-order valence-electron chi connectivity index (χ4n) is 2.27. The summed E-state index contributed by atoms with van der Waals surface area (Å²) in [4.78, 5) is 4.13. The van der Waals surface area contributed by atoms with Crippen molar-refractivity contribution >= 4 is 11.3 Å². The molecule has 102 valence electrons. The maximum absolute atomic E-state index is 12.7. The Kier molecular flexibility index (Phi) is 2.48. The minimum atomic E-state index is -4.44. The van der Waals surface area contributed by atoms with Gasteiger partial charge in [-0.05, 0) is 26.2 Å². The first-order valence-electron chi connectivity index (χ1n) is 6.07. The molecular formula is C12H13F3N4. The van der Waals surface area contributed by atoms with Gasteiger partial charge in [0.2, 0.25) is 0 Å². The molecule has 1 N–H and O–H groups in total. The average molecular weight is 270 g/mol. The highest BCUT2D eigenvalue weighted by Crippen LogP contribution is 2.36. The fourth-order valence-corrected chi connectivity index (χ4v) is 2.27. The number of aromatic nitrogens is 3. The minimum absolute atomic E-state index is 0.0719. The van der Waals surface area contributed by atoms with Crippen molar-refractivity contribution in [1.82, 2.24) is 14.6 Å². The van der Waals surface area contributed by atoms with Gasteiger partial charge < -0.3 is 5.32 Å². The molecule has 7 heteroatoms. The molecule has 0 aromatic carbocycles. The zero-order valence-electron chi connectivity index (χ0n) is 10.3. The van der Waals surface area contributed by atoms with Crippen LogP contribution in [0.1, 0.15) is 31.9 Å². The van der Waals surface area contributed by atoms with Crippen LogP contribution in [0.25, 0.3) is 5.52 Å². The summed E-state index contributed by atoms with van der Waals surface area (Å²) in [5.74, 6) is 0.452. The summed E-state index contributed by atoms with van der Waals surface area (Å²) in [6.07, 6.45) is 1.54. The molecule has 0 spiro atoms. The maximum atomic E-state index is 12.7. The van der Waals surface area contributed by atoms with E-state index in [9.17, 15) is 13.2 Å². The van der Waals surface area contributed by atoms with Gasteiger partial charge in [-0.25, -0.2) is 9.50 Å². The molecule has 0 amide bonds. The van der Waals surface area contributed by atoms with Gasteiger partial charge in [0.05, 0.1) is 0 Å². The van der Waals surface area contributed by atoms with Crippen LogP contribution in [0, 0.1) is 0 Å². The number of nitrogens with zero attached hydrogens (tertiary/aromatic N) is 3. The van der Waals surface area contributed by atoms with Crippen LogP contribution in [0.3, 0.4) is 0 Å². The summed E-state index contributed by atoms with van der Waals surface area (Å²) in [6.45, 7) is 2.04. The van der Waals surface area contributed by atoms with Gasteiger partial charge in [0.15, 0.2) is 11.5 Å². The molecule has 3 rings (SSSR count). The SMILES string of the molecule is CC1(Nc2nccn3nc(C(F)(F)F)cc23)CCC1. The number of alkyl halides is 3. The van der Waals surface area contributed by atoms with Crippen molar-refractivity contribution in [2.45, 2.75) is 37.9 Å². The number of rotatable bonds is 2. The van der Waals surface area contributed by atoms with E-state index >= 15 is 0 Å². The van der Waals surface area contributed by atoms with Crippen molar-refractivity contribution < 1.29 is 13.2 Å². The predicted molar refractivity (Wildman–Crippen MR) is 63.9 cm³/mol. The smallest absolute Gasteiger partial charge is 0.363 e. The van der Waals surface area contributed by atoms with Gasteiger partial charge in [0.25, 0.3) is 0 Å². The Bertz CT molecular complexity index is 613. The van der Waals surface area contributed by atoms with E-state index in [0.717, 1.165) is 25.3 Å². The first kappa shape index (κ1) is 12.3. The van der Waals surface area contributed by atoms with Crippen molar-refractivity contribution in [1.29, 1.82) is 0 Å². The van der Waals surface area contributed by atoms with Gasteiger partial charge in [0, 0.05) is 24.0 Å². The third kappa shape index (κ3) is 2.13. The molecule has 0 bridgehead atoms. The Morgan fingerprint density at radius 1 is 1.37 bits per heavy atom. The first-order chi connectivity index (χ1) is 8.87. The molecule has 2 aromatic heterocycles. The van der Waals surface area contributed by atoms with Crippen molar-refractivity contribution in [3.63, 3.8) is 0 Å². The molecule has 0 saturated heterocycles. The van der Waals surface area contributed by atoms with Crippen LogP contribution < -0.4 is 5.32 Å². The summed E-state index contributed by atoms with van der Waals surface area (Å²) in [5, 5.41) is 6.75. The summed E-state index contributed by atoms with van der Waals surface area (Å²) in [6, 6.07) is 1.03. The number of nitrogens with one attached hydrogen (secondary N) is 1. The van der Waals surface area contributed by atoms with Crippen LogP contribution in [0.15, 0.2) is 18.5 Å². The molecule has 0 aliphatic heterocycles. The number of hydrogen-bond donors (Lipinski definition) is 1. The van der Waals surface area contributed by atoms with E-state index in [1.54, 1.807) is 0 Å². The van der Waals surface area contributed by atoms with Crippen molar-refractivity contribution in [2.75, 3.05) is 5.32 Å². The molecule has 1 fully saturated rings. The van der Waals surface area contributed by atoms with Crippen LogP contribution in [-0.4, -0.2) is 20.1 Å². The van der Waals surface area contributed by atoms with Crippen LogP contribution in [-0.2, 0) is 6.18 Å². The van der Waals surface area contributed by atoms with Gasteiger partial charge in [0.1, 0.15) is 5.52 Å². The molecular weight excluding hydrogens is 257 g/mol. The van der Waals surface area contributed by atoms with E-state index in [1.165, 1.54) is 16.9 Å². The van der Waals surface area contributed by atoms with Crippen molar-refractivity contribution in [2.24, 2.45) is 0 Å². The second kappa shape index (κ2) is 3.85. The first-order valence-corrected chi connectivity index (χ1v) is 6.07. The summed E-state index contributed by atoms with van der Waals surface area (Å²) in [5.41, 5.74) is -0.623. The highest BCUT2D eigenvalue weighted by atomic mass is 19.4. The van der Waals surface area contributed by atoms with Gasteiger partial charge in [-0.15, -0.1) is 0 Å². The lowest BCUT2D eigenvalue weighted by atomic mass is 9.78. The predicted octanol–water partition coefficient (Wildman–Crippen LogP) is 3.10. The molecule has 2 heterocycles. The summed E-state index contributed by atoms with van der Waals surface area (Å²) < 4.78 is 39.2. The second-order valence-corrected chi connectivity index (χ2v) is 5.17. The number of hydrogen-bond acceptors (Lipinski definition) is 3. The third-order valence-electron chi connectivity index (χ3n) is 3.56. The lowest BCUT2D eigenvalue weighted by Gasteiger charge is -2.39. The quantitative estimate of drug-likeness (QED) is 0.911. The highest BCUT2D eigenvalue weighted by molar-refractivity contribution is 5.68. The Hall–Kier alpha value is -1.79. The Balaban J connectivity index is 2.02. The van der Waals surface area contributed by atoms with Gasteiger partial charge >= 0.3 is 6.18 Å². The second-order valence-electron chi connectivity index (χ2n) is 5.17. The molecule has 0 unspecified atom stereocenters. The van der Waals surface area contributed by atoms with Crippen LogP contribution >= 0.6 is 0 Å². The monoisotopic (exact) mass is 270 g/mol. The molecule has 1 aliphatic rings. The van der Waals surface area contributed by atoms with Crippen LogP contribution in [0.2, 0.25) is 0 Å². The van der Waals surface area contributed by atoms with E-state index < -0.39 is 11.9 Å². The maximum Gasteiger partial charge on any atom is 0.435 e. The zero-order chi connectivity index (χ0) is 13.7. The molecule has 1 aliphatic carbocycles. The lowest BCUT2D eigenvalue weighted by Crippen LogP contribution is -2.42. The van der Waals surface area contributed by atoms with Crippen molar-refractivity contribution in [3.8, 4) is 0 Å². The topological polar surface area (TPSA) is 42.2 Å². The van der Waals surface area contributed by atoms with E-state index in [2.05, 4.69) is 15.4 Å². The minimum Gasteiger partial charge on any atom is -0.363 e. The van der Waals surface area contributed by atoms with E-state index in [-0.39, 0.29) is 5.54 Å². The molecule has 19 heavy (non-hydrogen) atoms. The van der Waals surface area contributed by atoms with Gasteiger partial charge in [-0.1, -0.05) is 0 Å². The number of anilines is 1. The average Bonchev–Trinajstić information content (AvgIpc) is 2.71. The summed E-state index contributed by atoms with van der Waals surface area (Å²) in [7, 11) is 0.